The van der Waals surface area contributed by atoms with Gasteiger partial charge in [0.25, 0.3) is 5.91 Å². The van der Waals surface area contributed by atoms with Crippen LogP contribution in [0.3, 0.4) is 0 Å². The van der Waals surface area contributed by atoms with Gasteiger partial charge in [-0.25, -0.2) is 4.79 Å². The van der Waals surface area contributed by atoms with E-state index < -0.39 is 5.97 Å². The third-order valence-electron chi connectivity index (χ3n) is 6.15. The highest BCUT2D eigenvalue weighted by atomic mass is 35.5. The summed E-state index contributed by atoms with van der Waals surface area (Å²) in [5.41, 5.74) is 4.28. The second-order valence-corrected chi connectivity index (χ2v) is 9.06. The van der Waals surface area contributed by atoms with E-state index in [4.69, 9.17) is 16.7 Å². The predicted octanol–water partition coefficient (Wildman–Crippen LogP) is 5.42. The van der Waals surface area contributed by atoms with Crippen LogP contribution in [0, 0.1) is 0 Å². The Kier molecular flexibility index (Phi) is 5.78. The molecule has 2 heterocycles. The average molecular weight is 487 g/mol. The number of amides is 1. The van der Waals surface area contributed by atoms with Crippen molar-refractivity contribution < 1.29 is 14.7 Å². The lowest BCUT2D eigenvalue weighted by Crippen LogP contribution is -2.27. The van der Waals surface area contributed by atoms with Gasteiger partial charge >= 0.3 is 5.97 Å². The molecule has 0 bridgehead atoms. The molecule has 7 nitrogen and oxygen atoms in total. The molecule has 2 aromatic heterocycles. The molecule has 5 rings (SSSR count). The number of halogens is 1. The molecule has 0 spiro atoms. The quantitative estimate of drug-likeness (QED) is 0.335. The van der Waals surface area contributed by atoms with Crippen molar-refractivity contribution in [2.45, 2.75) is 19.5 Å². The lowest BCUT2D eigenvalue weighted by molar-refractivity contribution is 0.0696. The second kappa shape index (κ2) is 8.92. The maximum atomic E-state index is 13.6. The lowest BCUT2D eigenvalue weighted by atomic mass is 10.0. The maximum Gasteiger partial charge on any atom is 0.335 e. The number of carbonyl (C=O) groups excluding carboxylic acids is 1. The van der Waals surface area contributed by atoms with Crippen molar-refractivity contribution in [3.63, 3.8) is 0 Å². The Morgan fingerprint density at radius 3 is 2.49 bits per heavy atom. The first-order valence-electron chi connectivity index (χ1n) is 11.1. The summed E-state index contributed by atoms with van der Waals surface area (Å²) in [7, 11) is 1.86. The zero-order valence-electron chi connectivity index (χ0n) is 19.2. The number of nitrogens with zero attached hydrogens (tertiary/aromatic N) is 3. The third-order valence-corrected chi connectivity index (χ3v) is 6.40. The molecule has 0 radical (unpaired) electrons. The molecule has 176 valence electrons. The molecule has 0 saturated carbocycles. The van der Waals surface area contributed by atoms with Crippen molar-refractivity contribution in [1.82, 2.24) is 19.7 Å². The number of nitrogens with one attached hydrogen (secondary N) is 1. The van der Waals surface area contributed by atoms with Crippen molar-refractivity contribution in [3.05, 3.63) is 100 Å². The fraction of sp³-hybridized carbons (Fsp3) is 0.148. The third kappa shape index (κ3) is 4.38. The zero-order chi connectivity index (χ0) is 24.7. The number of rotatable bonds is 6. The Morgan fingerprint density at radius 2 is 1.80 bits per heavy atom. The smallest absolute Gasteiger partial charge is 0.335 e. The van der Waals surface area contributed by atoms with Crippen LogP contribution in [0.25, 0.3) is 21.8 Å². The minimum Gasteiger partial charge on any atom is -0.478 e. The van der Waals surface area contributed by atoms with E-state index in [1.165, 1.54) is 12.1 Å². The van der Waals surface area contributed by atoms with Gasteiger partial charge in [-0.3, -0.25) is 9.48 Å². The molecule has 1 atom stereocenters. The highest BCUT2D eigenvalue weighted by molar-refractivity contribution is 6.30. The van der Waals surface area contributed by atoms with Crippen molar-refractivity contribution in [3.8, 4) is 0 Å². The van der Waals surface area contributed by atoms with Crippen LogP contribution in [0.4, 0.5) is 0 Å². The number of carboxylic acid groups (broad SMARTS) is 1. The number of fused-ring (bicyclic) bond motifs is 3. The van der Waals surface area contributed by atoms with Gasteiger partial charge < -0.3 is 15.0 Å². The summed E-state index contributed by atoms with van der Waals surface area (Å²) in [5.74, 6) is -1.20. The normalized spacial score (nSPS) is 12.2. The van der Waals surface area contributed by atoms with Gasteiger partial charge in [0.05, 0.1) is 22.7 Å². The largest absolute Gasteiger partial charge is 0.478 e. The summed E-state index contributed by atoms with van der Waals surface area (Å²) < 4.78 is 3.79. The average Bonchev–Trinajstić information content (AvgIpc) is 3.42. The Morgan fingerprint density at radius 1 is 1.09 bits per heavy atom. The van der Waals surface area contributed by atoms with Crippen LogP contribution in [0.2, 0.25) is 5.02 Å². The molecule has 35 heavy (non-hydrogen) atoms. The van der Waals surface area contributed by atoms with E-state index in [2.05, 4.69) is 10.4 Å². The fourth-order valence-corrected chi connectivity index (χ4v) is 4.50. The van der Waals surface area contributed by atoms with Gasteiger partial charge in [0.1, 0.15) is 5.52 Å². The van der Waals surface area contributed by atoms with Crippen LogP contribution in [0.15, 0.2) is 73.1 Å². The Balaban J connectivity index is 1.54. The van der Waals surface area contributed by atoms with Gasteiger partial charge in [-0.05, 0) is 54.4 Å². The van der Waals surface area contributed by atoms with Crippen molar-refractivity contribution in [2.24, 2.45) is 7.05 Å². The van der Waals surface area contributed by atoms with E-state index in [0.717, 1.165) is 32.9 Å². The van der Waals surface area contributed by atoms with Gasteiger partial charge in [-0.1, -0.05) is 35.9 Å². The van der Waals surface area contributed by atoms with Crippen molar-refractivity contribution in [1.29, 1.82) is 0 Å². The summed E-state index contributed by atoms with van der Waals surface area (Å²) in [6, 6.07) is 17.7. The summed E-state index contributed by atoms with van der Waals surface area (Å²) >= 11 is 6.05. The van der Waals surface area contributed by atoms with E-state index in [0.29, 0.717) is 17.1 Å². The molecular weight excluding hydrogens is 464 g/mol. The summed E-state index contributed by atoms with van der Waals surface area (Å²) in [6.07, 6.45) is 3.87. The molecule has 0 unspecified atom stereocenters. The van der Waals surface area contributed by atoms with E-state index >= 15 is 0 Å². The number of aromatic nitrogens is 3. The first kappa shape index (κ1) is 22.7. The van der Waals surface area contributed by atoms with Gasteiger partial charge in [-0.15, -0.1) is 0 Å². The van der Waals surface area contributed by atoms with Crippen LogP contribution in [-0.2, 0) is 13.6 Å². The fourth-order valence-electron chi connectivity index (χ4n) is 4.37. The number of aryl methyl sites for hydroxylation is 1. The van der Waals surface area contributed by atoms with Gasteiger partial charge in [0, 0.05) is 41.8 Å². The van der Waals surface area contributed by atoms with Crippen LogP contribution in [-0.4, -0.2) is 31.3 Å². The minimum absolute atomic E-state index is 0.205. The maximum absolute atomic E-state index is 13.6. The first-order chi connectivity index (χ1) is 16.8. The summed E-state index contributed by atoms with van der Waals surface area (Å²) in [4.78, 5) is 24.7. The van der Waals surface area contributed by atoms with E-state index in [1.807, 2.05) is 67.3 Å². The summed E-state index contributed by atoms with van der Waals surface area (Å²) in [5, 5.41) is 19.3. The number of aromatic carboxylic acids is 1. The molecule has 1 amide bonds. The molecular formula is C27H23ClN4O3. The Bertz CT molecular complexity index is 1570. The number of carboxylic acids is 1. The number of hydrogen-bond donors (Lipinski definition) is 2. The van der Waals surface area contributed by atoms with Crippen molar-refractivity contribution >= 4 is 45.3 Å². The van der Waals surface area contributed by atoms with E-state index in [-0.39, 0.29) is 17.5 Å². The Labute approximate surface area is 206 Å². The number of hydrogen-bond acceptors (Lipinski definition) is 3. The molecule has 0 fully saturated rings. The molecule has 3 aromatic carbocycles. The van der Waals surface area contributed by atoms with E-state index in [1.54, 1.807) is 16.8 Å². The number of carbonyl (C=O) groups is 2. The molecule has 5 aromatic rings. The first-order valence-corrected chi connectivity index (χ1v) is 11.5. The minimum atomic E-state index is -0.984. The highest BCUT2D eigenvalue weighted by Gasteiger charge is 2.20. The SMILES string of the molecule is C[C@H](NC(=O)c1cc2cn(C)nc2c2ccn(Cc3ccc(Cl)cc3)c12)c1ccc(C(=O)O)cc1. The van der Waals surface area contributed by atoms with Crippen LogP contribution in [0.1, 0.15) is 44.8 Å². The van der Waals surface area contributed by atoms with Crippen molar-refractivity contribution in [2.75, 3.05) is 0 Å². The van der Waals surface area contributed by atoms with Crippen LogP contribution in [0.5, 0.6) is 0 Å². The van der Waals surface area contributed by atoms with Crippen LogP contribution < -0.4 is 5.32 Å². The number of benzene rings is 3. The lowest BCUT2D eigenvalue weighted by Gasteiger charge is -2.16. The zero-order valence-corrected chi connectivity index (χ0v) is 20.0. The van der Waals surface area contributed by atoms with E-state index in [9.17, 15) is 9.59 Å². The summed E-state index contributed by atoms with van der Waals surface area (Å²) in [6.45, 7) is 2.45. The highest BCUT2D eigenvalue weighted by Crippen LogP contribution is 2.30. The molecule has 2 N–H and O–H groups in total. The standard InChI is InChI=1S/C27H23ClN4O3/c1-16(18-5-7-19(8-6-18)27(34)35)29-26(33)23-13-20-15-31(2)30-24(20)22-11-12-32(25(22)23)14-17-3-9-21(28)10-4-17/h3-13,15-16H,14H2,1-2H3,(H,29,33)(H,34,35)/t16-/m0/s1. The Hall–Kier alpha value is -4.10. The van der Waals surface area contributed by atoms with Gasteiger partial charge in [0.2, 0.25) is 0 Å². The van der Waals surface area contributed by atoms with Crippen LogP contribution >= 0.6 is 11.6 Å². The monoisotopic (exact) mass is 486 g/mol. The molecule has 0 saturated heterocycles. The second-order valence-electron chi connectivity index (χ2n) is 8.62. The molecule has 0 aliphatic rings. The van der Waals surface area contributed by atoms with Gasteiger partial charge in [-0.2, -0.15) is 5.10 Å². The topological polar surface area (TPSA) is 89.2 Å². The molecule has 8 heteroatoms. The molecule has 0 aliphatic heterocycles. The van der Waals surface area contributed by atoms with Gasteiger partial charge in [0.15, 0.2) is 0 Å². The molecule has 0 aliphatic carbocycles. The predicted molar refractivity (Wildman–Crippen MR) is 136 cm³/mol.